The van der Waals surface area contributed by atoms with Crippen LogP contribution in [0.4, 0.5) is 0 Å². The second-order valence-corrected chi connectivity index (χ2v) is 5.89. The van der Waals surface area contributed by atoms with Crippen molar-refractivity contribution in [3.05, 3.63) is 35.4 Å². The van der Waals surface area contributed by atoms with E-state index < -0.39 is 0 Å². The van der Waals surface area contributed by atoms with Gasteiger partial charge in [-0.1, -0.05) is 36.2 Å². The van der Waals surface area contributed by atoms with Gasteiger partial charge >= 0.3 is 0 Å². The van der Waals surface area contributed by atoms with Crippen LogP contribution in [0.5, 0.6) is 0 Å². The first kappa shape index (κ1) is 12.2. The zero-order chi connectivity index (χ0) is 12.4. The Kier molecular flexibility index (Phi) is 3.40. The standard InChI is InChI=1S/C16H23NO/c1-14-3-5-15(6-4-14)16(7-2-8-16)13-17-9-11-18-12-10-17/h3-6H,2,7-13H2,1H3. The maximum absolute atomic E-state index is 5.45. The van der Waals surface area contributed by atoms with Gasteiger partial charge in [0.25, 0.3) is 0 Å². The third-order valence-corrected chi connectivity index (χ3v) is 4.60. The molecule has 1 heterocycles. The highest BCUT2D eigenvalue weighted by atomic mass is 16.5. The van der Waals surface area contributed by atoms with Gasteiger partial charge in [0.1, 0.15) is 0 Å². The highest BCUT2D eigenvalue weighted by Crippen LogP contribution is 2.44. The number of morpholine rings is 1. The molecule has 18 heavy (non-hydrogen) atoms. The van der Waals surface area contributed by atoms with Gasteiger partial charge in [0.15, 0.2) is 0 Å². The van der Waals surface area contributed by atoms with E-state index in [1.807, 2.05) is 0 Å². The van der Waals surface area contributed by atoms with Crippen LogP contribution in [-0.2, 0) is 10.2 Å². The van der Waals surface area contributed by atoms with Gasteiger partial charge < -0.3 is 4.74 Å². The quantitative estimate of drug-likeness (QED) is 0.812. The fourth-order valence-corrected chi connectivity index (χ4v) is 3.24. The van der Waals surface area contributed by atoms with Crippen LogP contribution in [0.1, 0.15) is 30.4 Å². The van der Waals surface area contributed by atoms with E-state index in [0.717, 1.165) is 26.3 Å². The molecule has 0 unspecified atom stereocenters. The van der Waals surface area contributed by atoms with Crippen molar-refractivity contribution in [1.29, 1.82) is 0 Å². The summed E-state index contributed by atoms with van der Waals surface area (Å²) in [7, 11) is 0. The smallest absolute Gasteiger partial charge is 0.0594 e. The molecule has 98 valence electrons. The van der Waals surface area contributed by atoms with Gasteiger partial charge in [0, 0.05) is 25.0 Å². The van der Waals surface area contributed by atoms with E-state index in [1.165, 1.54) is 31.4 Å². The summed E-state index contributed by atoms with van der Waals surface area (Å²) < 4.78 is 5.45. The first-order valence-corrected chi connectivity index (χ1v) is 7.16. The molecule has 2 nitrogen and oxygen atoms in total. The van der Waals surface area contributed by atoms with Crippen LogP contribution >= 0.6 is 0 Å². The molecule has 0 bridgehead atoms. The molecule has 0 spiro atoms. The Morgan fingerprint density at radius 1 is 1.11 bits per heavy atom. The highest BCUT2D eigenvalue weighted by Gasteiger charge is 2.40. The van der Waals surface area contributed by atoms with Gasteiger partial charge in [-0.05, 0) is 25.3 Å². The Bertz CT molecular complexity index is 388. The second kappa shape index (κ2) is 5.02. The van der Waals surface area contributed by atoms with Crippen LogP contribution in [0.25, 0.3) is 0 Å². The predicted octanol–water partition coefficient (Wildman–Crippen LogP) is 2.75. The molecule has 0 amide bonds. The first-order valence-electron chi connectivity index (χ1n) is 7.16. The summed E-state index contributed by atoms with van der Waals surface area (Å²) in [5.74, 6) is 0. The van der Waals surface area contributed by atoms with Crippen LogP contribution < -0.4 is 0 Å². The third kappa shape index (κ3) is 2.32. The summed E-state index contributed by atoms with van der Waals surface area (Å²) in [6.07, 6.45) is 4.10. The Labute approximate surface area is 110 Å². The van der Waals surface area contributed by atoms with Crippen molar-refractivity contribution in [3.63, 3.8) is 0 Å². The highest BCUT2D eigenvalue weighted by molar-refractivity contribution is 5.31. The van der Waals surface area contributed by atoms with Crippen LogP contribution in [0.2, 0.25) is 0 Å². The van der Waals surface area contributed by atoms with E-state index in [-0.39, 0.29) is 0 Å². The minimum absolute atomic E-state index is 0.436. The Balaban J connectivity index is 1.74. The lowest BCUT2D eigenvalue weighted by Crippen LogP contribution is -2.49. The zero-order valence-electron chi connectivity index (χ0n) is 11.3. The number of hydrogen-bond acceptors (Lipinski definition) is 2. The van der Waals surface area contributed by atoms with E-state index in [2.05, 4.69) is 36.1 Å². The maximum Gasteiger partial charge on any atom is 0.0594 e. The normalized spacial score (nSPS) is 23.6. The van der Waals surface area contributed by atoms with Gasteiger partial charge in [-0.15, -0.1) is 0 Å². The summed E-state index contributed by atoms with van der Waals surface area (Å²) in [4.78, 5) is 2.59. The van der Waals surface area contributed by atoms with Crippen LogP contribution in [0, 0.1) is 6.92 Å². The number of aryl methyl sites for hydroxylation is 1. The van der Waals surface area contributed by atoms with E-state index in [9.17, 15) is 0 Å². The predicted molar refractivity (Wildman–Crippen MR) is 74.0 cm³/mol. The van der Waals surface area contributed by atoms with Crippen molar-refractivity contribution >= 4 is 0 Å². The third-order valence-electron chi connectivity index (χ3n) is 4.60. The van der Waals surface area contributed by atoms with Crippen LogP contribution in [0.3, 0.4) is 0 Å². The number of hydrogen-bond donors (Lipinski definition) is 0. The van der Waals surface area contributed by atoms with Gasteiger partial charge in [-0.25, -0.2) is 0 Å². The Hall–Kier alpha value is -0.860. The number of rotatable bonds is 3. The molecule has 1 aliphatic heterocycles. The fourth-order valence-electron chi connectivity index (χ4n) is 3.24. The molecule has 0 aromatic heterocycles. The molecule has 1 saturated carbocycles. The minimum Gasteiger partial charge on any atom is -0.379 e. The molecule has 0 atom stereocenters. The topological polar surface area (TPSA) is 12.5 Å². The van der Waals surface area contributed by atoms with Crippen molar-refractivity contribution < 1.29 is 4.74 Å². The maximum atomic E-state index is 5.45. The lowest BCUT2D eigenvalue weighted by Gasteiger charge is -2.46. The molecule has 0 radical (unpaired) electrons. The number of benzene rings is 1. The average Bonchev–Trinajstić information content (AvgIpc) is 2.36. The molecule has 1 aromatic carbocycles. The van der Waals surface area contributed by atoms with Crippen molar-refractivity contribution in [2.24, 2.45) is 0 Å². The van der Waals surface area contributed by atoms with E-state index in [0.29, 0.717) is 5.41 Å². The first-order chi connectivity index (χ1) is 8.78. The van der Waals surface area contributed by atoms with Crippen molar-refractivity contribution in [2.45, 2.75) is 31.6 Å². The fraction of sp³-hybridized carbons (Fsp3) is 0.625. The molecule has 2 heteroatoms. The molecular weight excluding hydrogens is 222 g/mol. The van der Waals surface area contributed by atoms with Crippen molar-refractivity contribution in [3.8, 4) is 0 Å². The SMILES string of the molecule is Cc1ccc(C2(CN3CCOCC3)CCC2)cc1. The van der Waals surface area contributed by atoms with Crippen LogP contribution in [0.15, 0.2) is 24.3 Å². The summed E-state index contributed by atoms with van der Waals surface area (Å²) >= 11 is 0. The summed E-state index contributed by atoms with van der Waals surface area (Å²) in [6.45, 7) is 7.41. The minimum atomic E-state index is 0.436. The van der Waals surface area contributed by atoms with Gasteiger partial charge in [0.2, 0.25) is 0 Å². The second-order valence-electron chi connectivity index (χ2n) is 5.89. The Morgan fingerprint density at radius 3 is 2.33 bits per heavy atom. The molecule has 1 aromatic rings. The van der Waals surface area contributed by atoms with E-state index >= 15 is 0 Å². The molecule has 0 N–H and O–H groups in total. The van der Waals surface area contributed by atoms with E-state index in [4.69, 9.17) is 4.74 Å². The average molecular weight is 245 g/mol. The molecule has 1 aliphatic carbocycles. The Morgan fingerprint density at radius 2 is 1.78 bits per heavy atom. The number of nitrogens with zero attached hydrogens (tertiary/aromatic N) is 1. The van der Waals surface area contributed by atoms with Crippen LogP contribution in [-0.4, -0.2) is 37.7 Å². The lowest BCUT2D eigenvalue weighted by molar-refractivity contribution is 0.0166. The monoisotopic (exact) mass is 245 g/mol. The summed E-state index contributed by atoms with van der Waals surface area (Å²) in [5.41, 5.74) is 3.34. The van der Waals surface area contributed by atoms with Crippen molar-refractivity contribution in [1.82, 2.24) is 4.90 Å². The van der Waals surface area contributed by atoms with Gasteiger partial charge in [-0.2, -0.15) is 0 Å². The van der Waals surface area contributed by atoms with E-state index in [1.54, 1.807) is 5.56 Å². The molecular formula is C16H23NO. The lowest BCUT2D eigenvalue weighted by atomic mass is 9.64. The molecule has 2 fully saturated rings. The largest absolute Gasteiger partial charge is 0.379 e. The zero-order valence-corrected chi connectivity index (χ0v) is 11.3. The molecule has 1 saturated heterocycles. The van der Waals surface area contributed by atoms with Gasteiger partial charge in [0.05, 0.1) is 13.2 Å². The summed E-state index contributed by atoms with van der Waals surface area (Å²) in [5, 5.41) is 0. The summed E-state index contributed by atoms with van der Waals surface area (Å²) in [6, 6.07) is 9.20. The van der Waals surface area contributed by atoms with Gasteiger partial charge in [-0.3, -0.25) is 4.90 Å². The molecule has 2 aliphatic rings. The number of ether oxygens (including phenoxy) is 1. The molecule has 3 rings (SSSR count). The van der Waals surface area contributed by atoms with Crippen molar-refractivity contribution in [2.75, 3.05) is 32.8 Å².